The van der Waals surface area contributed by atoms with Gasteiger partial charge in [-0.3, -0.25) is 4.79 Å². The molecule has 0 aliphatic carbocycles. The van der Waals surface area contributed by atoms with Gasteiger partial charge >= 0.3 is 0 Å². The molecule has 152 valence electrons. The Morgan fingerprint density at radius 2 is 2.00 bits per heavy atom. The zero-order chi connectivity index (χ0) is 21.1. The van der Waals surface area contributed by atoms with Crippen molar-refractivity contribution in [2.75, 3.05) is 18.0 Å². The van der Waals surface area contributed by atoms with Gasteiger partial charge in [0.2, 0.25) is 5.91 Å². The third-order valence-electron chi connectivity index (χ3n) is 5.72. The van der Waals surface area contributed by atoms with Crippen LogP contribution in [0.15, 0.2) is 48.5 Å². The lowest BCUT2D eigenvalue weighted by atomic mass is 9.95. The van der Waals surface area contributed by atoms with Gasteiger partial charge in [0, 0.05) is 36.6 Å². The number of aryl methyl sites for hydroxylation is 1. The number of benzene rings is 2. The molecule has 1 fully saturated rings. The van der Waals surface area contributed by atoms with Gasteiger partial charge in [0.1, 0.15) is 17.6 Å². The van der Waals surface area contributed by atoms with Crippen molar-refractivity contribution < 1.29 is 9.18 Å². The average molecular weight is 402 g/mol. The van der Waals surface area contributed by atoms with Gasteiger partial charge in [0.25, 0.3) is 0 Å². The first-order valence-corrected chi connectivity index (χ1v) is 10.1. The summed E-state index contributed by atoms with van der Waals surface area (Å²) in [5, 5.41) is 13.3. The van der Waals surface area contributed by atoms with E-state index in [1.165, 1.54) is 6.07 Å². The third-order valence-corrected chi connectivity index (χ3v) is 5.72. The molecule has 0 atom stereocenters. The zero-order valence-electron chi connectivity index (χ0n) is 16.9. The summed E-state index contributed by atoms with van der Waals surface area (Å²) >= 11 is 0. The van der Waals surface area contributed by atoms with E-state index in [9.17, 15) is 14.4 Å². The first-order chi connectivity index (χ1) is 14.5. The van der Waals surface area contributed by atoms with Crippen molar-refractivity contribution >= 4 is 22.5 Å². The Morgan fingerprint density at radius 3 is 2.73 bits per heavy atom. The van der Waals surface area contributed by atoms with E-state index in [0.717, 1.165) is 48.1 Å². The number of carbonyl (C=O) groups is 1. The second kappa shape index (κ2) is 8.50. The van der Waals surface area contributed by atoms with Crippen LogP contribution in [0.2, 0.25) is 0 Å². The van der Waals surface area contributed by atoms with E-state index < -0.39 is 0 Å². The minimum Gasteiger partial charge on any atom is -0.371 e. The number of piperidine rings is 1. The molecule has 4 rings (SSSR count). The maximum absolute atomic E-state index is 13.7. The number of para-hydroxylation sites is 1. The highest BCUT2D eigenvalue weighted by Crippen LogP contribution is 2.30. The van der Waals surface area contributed by atoms with Crippen molar-refractivity contribution in [1.29, 1.82) is 5.26 Å². The van der Waals surface area contributed by atoms with Gasteiger partial charge in [-0.1, -0.05) is 30.3 Å². The number of nitrogens with zero attached hydrogens (tertiary/aromatic N) is 3. The van der Waals surface area contributed by atoms with Crippen molar-refractivity contribution in [3.8, 4) is 6.07 Å². The van der Waals surface area contributed by atoms with E-state index in [2.05, 4.69) is 21.3 Å². The van der Waals surface area contributed by atoms with Crippen LogP contribution in [-0.2, 0) is 11.3 Å². The number of fused-ring (bicyclic) bond motifs is 1. The zero-order valence-corrected chi connectivity index (χ0v) is 16.9. The van der Waals surface area contributed by atoms with Crippen molar-refractivity contribution in [2.45, 2.75) is 26.3 Å². The Bertz CT molecular complexity index is 1130. The summed E-state index contributed by atoms with van der Waals surface area (Å²) < 4.78 is 13.7. The van der Waals surface area contributed by atoms with Crippen LogP contribution in [0.1, 0.15) is 29.7 Å². The molecule has 1 aliphatic heterocycles. The normalized spacial score (nSPS) is 14.5. The molecule has 1 aromatic heterocycles. The summed E-state index contributed by atoms with van der Waals surface area (Å²) in [6, 6.07) is 16.8. The number of nitriles is 1. The molecule has 5 nitrogen and oxygen atoms in total. The standard InChI is InChI=1S/C24H23FN4O/c1-16-6-7-17(12-21(16)25)15-27-24(30)18-8-10-29(11-9-18)23-13-19(14-26)28-22-5-3-2-4-20(22)23/h2-7,12-13,18H,8-11,15H2,1H3,(H,27,30). The third kappa shape index (κ3) is 4.11. The molecule has 1 saturated heterocycles. The summed E-state index contributed by atoms with van der Waals surface area (Å²) in [6.07, 6.45) is 1.46. The van der Waals surface area contributed by atoms with Gasteiger partial charge in [0.05, 0.1) is 5.52 Å². The molecule has 1 N–H and O–H groups in total. The number of hydrogen-bond donors (Lipinski definition) is 1. The van der Waals surface area contributed by atoms with Crippen molar-refractivity contribution in [3.63, 3.8) is 0 Å². The number of aromatic nitrogens is 1. The molecule has 2 aromatic carbocycles. The second-order valence-corrected chi connectivity index (χ2v) is 7.72. The van der Waals surface area contributed by atoms with Crippen LogP contribution in [0.3, 0.4) is 0 Å². The van der Waals surface area contributed by atoms with Crippen molar-refractivity contribution in [2.24, 2.45) is 5.92 Å². The molecule has 0 saturated carbocycles. The SMILES string of the molecule is Cc1ccc(CNC(=O)C2CCN(c3cc(C#N)nc4ccccc34)CC2)cc1F. The minimum atomic E-state index is -0.253. The van der Waals surface area contributed by atoms with Crippen LogP contribution in [0.25, 0.3) is 10.9 Å². The van der Waals surface area contributed by atoms with Gasteiger partial charge < -0.3 is 10.2 Å². The van der Waals surface area contributed by atoms with Crippen LogP contribution in [0.4, 0.5) is 10.1 Å². The molecule has 0 spiro atoms. The first-order valence-electron chi connectivity index (χ1n) is 10.1. The fourth-order valence-corrected chi connectivity index (χ4v) is 3.94. The first kappa shape index (κ1) is 19.8. The smallest absolute Gasteiger partial charge is 0.223 e. The quantitative estimate of drug-likeness (QED) is 0.714. The topological polar surface area (TPSA) is 69.0 Å². The number of hydrogen-bond acceptors (Lipinski definition) is 4. The highest BCUT2D eigenvalue weighted by molar-refractivity contribution is 5.92. The van der Waals surface area contributed by atoms with Gasteiger partial charge in [-0.25, -0.2) is 9.37 Å². The molecule has 0 radical (unpaired) electrons. The maximum atomic E-state index is 13.7. The molecule has 0 unspecified atom stereocenters. The highest BCUT2D eigenvalue weighted by Gasteiger charge is 2.26. The van der Waals surface area contributed by atoms with E-state index in [-0.39, 0.29) is 17.6 Å². The van der Waals surface area contributed by atoms with Gasteiger partial charge in [-0.05, 0) is 49.1 Å². The highest BCUT2D eigenvalue weighted by atomic mass is 19.1. The molecule has 0 bridgehead atoms. The van der Waals surface area contributed by atoms with Crippen LogP contribution in [-0.4, -0.2) is 24.0 Å². The predicted molar refractivity (Wildman–Crippen MR) is 114 cm³/mol. The molecular weight excluding hydrogens is 379 g/mol. The number of rotatable bonds is 4. The Balaban J connectivity index is 1.40. The van der Waals surface area contributed by atoms with Crippen molar-refractivity contribution in [1.82, 2.24) is 10.3 Å². The molecule has 30 heavy (non-hydrogen) atoms. The largest absolute Gasteiger partial charge is 0.371 e. The number of anilines is 1. The van der Waals surface area contributed by atoms with E-state index in [1.54, 1.807) is 13.0 Å². The lowest BCUT2D eigenvalue weighted by Gasteiger charge is -2.33. The summed E-state index contributed by atoms with van der Waals surface area (Å²) in [5.41, 5.74) is 3.55. The number of halogens is 1. The van der Waals surface area contributed by atoms with Crippen LogP contribution in [0, 0.1) is 30.0 Å². The van der Waals surface area contributed by atoms with E-state index >= 15 is 0 Å². The number of nitrogens with one attached hydrogen (secondary N) is 1. The molecule has 1 aliphatic rings. The lowest BCUT2D eigenvalue weighted by molar-refractivity contribution is -0.125. The second-order valence-electron chi connectivity index (χ2n) is 7.72. The number of carbonyl (C=O) groups excluding carboxylic acids is 1. The molecular formula is C24H23FN4O. The van der Waals surface area contributed by atoms with Crippen molar-refractivity contribution in [3.05, 3.63) is 71.2 Å². The average Bonchev–Trinajstić information content (AvgIpc) is 2.79. The van der Waals surface area contributed by atoms with Crippen LogP contribution in [0.5, 0.6) is 0 Å². The monoisotopic (exact) mass is 402 g/mol. The summed E-state index contributed by atoms with van der Waals surface area (Å²) in [7, 11) is 0. The van der Waals surface area contributed by atoms with Gasteiger partial charge in [-0.2, -0.15) is 5.26 Å². The Labute approximate surface area is 175 Å². The maximum Gasteiger partial charge on any atom is 0.223 e. The number of pyridine rings is 1. The van der Waals surface area contributed by atoms with Crippen LogP contribution >= 0.6 is 0 Å². The number of amides is 1. The van der Waals surface area contributed by atoms with E-state index in [0.29, 0.717) is 17.8 Å². The van der Waals surface area contributed by atoms with E-state index in [1.807, 2.05) is 36.4 Å². The van der Waals surface area contributed by atoms with Gasteiger partial charge in [-0.15, -0.1) is 0 Å². The Hall–Kier alpha value is -3.46. The Morgan fingerprint density at radius 1 is 1.23 bits per heavy atom. The molecule has 6 heteroatoms. The fourth-order valence-electron chi connectivity index (χ4n) is 3.94. The minimum absolute atomic E-state index is 0.00735. The summed E-state index contributed by atoms with van der Waals surface area (Å²) in [6.45, 7) is 3.51. The predicted octanol–water partition coefficient (Wildman–Crippen LogP) is 4.09. The van der Waals surface area contributed by atoms with Gasteiger partial charge in [0.15, 0.2) is 0 Å². The lowest BCUT2D eigenvalue weighted by Crippen LogP contribution is -2.40. The molecule has 1 amide bonds. The summed E-state index contributed by atoms with van der Waals surface area (Å²) in [4.78, 5) is 19.2. The van der Waals surface area contributed by atoms with E-state index in [4.69, 9.17) is 0 Å². The fraction of sp³-hybridized carbons (Fsp3) is 0.292. The molecule has 2 heterocycles. The Kier molecular flexibility index (Phi) is 5.62. The molecule has 3 aromatic rings. The van der Waals surface area contributed by atoms with Crippen LogP contribution < -0.4 is 10.2 Å². The summed E-state index contributed by atoms with van der Waals surface area (Å²) in [5.74, 6) is -0.315.